The summed E-state index contributed by atoms with van der Waals surface area (Å²) in [6, 6.07) is 0.445. The van der Waals surface area contributed by atoms with Gasteiger partial charge in [-0.2, -0.15) is 0 Å². The Balaban J connectivity index is -0.000000113. The van der Waals surface area contributed by atoms with Crippen molar-refractivity contribution in [3.63, 3.8) is 0 Å². The highest BCUT2D eigenvalue weighted by atomic mass is 15.3. The Morgan fingerprint density at radius 1 is 1.00 bits per heavy atom. The van der Waals surface area contributed by atoms with E-state index in [0.29, 0.717) is 6.04 Å². The predicted octanol–water partition coefficient (Wildman–Crippen LogP) is 0.949. The fourth-order valence-electron chi connectivity index (χ4n) is 0.852. The lowest BCUT2D eigenvalue weighted by Crippen LogP contribution is -2.40. The molecule has 0 aliphatic carbocycles. The number of nitrogens with zero attached hydrogens (tertiary/aromatic N) is 4. The van der Waals surface area contributed by atoms with Crippen LogP contribution in [0.5, 0.6) is 0 Å². The molecule has 6 heteroatoms. The summed E-state index contributed by atoms with van der Waals surface area (Å²) in [5.41, 5.74) is 4.50. The number of rotatable bonds is 1. The molecule has 0 aliphatic rings. The van der Waals surface area contributed by atoms with E-state index in [1.54, 1.807) is 14.1 Å². The first-order valence-electron chi connectivity index (χ1n) is 6.35. The maximum Gasteiger partial charge on any atom is 0.193 e. The topological polar surface area (TPSA) is 69.2 Å². The van der Waals surface area contributed by atoms with Crippen molar-refractivity contribution in [2.45, 2.75) is 26.8 Å². The summed E-state index contributed by atoms with van der Waals surface area (Å²) < 4.78 is 0. The molecule has 19 heavy (non-hydrogen) atoms. The Morgan fingerprint density at radius 3 is 1.47 bits per heavy atom. The molecule has 0 aliphatic heterocycles. The van der Waals surface area contributed by atoms with Crippen molar-refractivity contribution in [1.29, 1.82) is 0 Å². The third-order valence-corrected chi connectivity index (χ3v) is 2.02. The summed E-state index contributed by atoms with van der Waals surface area (Å²) in [6.07, 6.45) is 0. The van der Waals surface area contributed by atoms with E-state index >= 15 is 0 Å². The lowest BCUT2D eigenvalue weighted by atomic mass is 10.4. The van der Waals surface area contributed by atoms with Crippen LogP contribution in [0.15, 0.2) is 9.98 Å². The lowest BCUT2D eigenvalue weighted by Gasteiger charge is -2.18. The van der Waals surface area contributed by atoms with E-state index in [9.17, 15) is 0 Å². The van der Waals surface area contributed by atoms with Crippen LogP contribution in [0.3, 0.4) is 0 Å². The second-order valence-electron chi connectivity index (χ2n) is 4.41. The van der Waals surface area contributed by atoms with Crippen molar-refractivity contribution in [1.82, 2.24) is 15.1 Å². The molecule has 0 radical (unpaired) electrons. The van der Waals surface area contributed by atoms with Crippen LogP contribution in [0.1, 0.15) is 22.2 Å². The van der Waals surface area contributed by atoms with Gasteiger partial charge in [0.1, 0.15) is 0 Å². The van der Waals surface area contributed by atoms with Crippen LogP contribution in [-0.4, -0.2) is 77.0 Å². The van der Waals surface area contributed by atoms with Crippen LogP contribution in [-0.2, 0) is 0 Å². The van der Waals surface area contributed by atoms with E-state index in [2.05, 4.69) is 34.9 Å². The Bertz CT molecular complexity index is 249. The minimum Gasteiger partial charge on any atom is -0.367 e. The van der Waals surface area contributed by atoms with Gasteiger partial charge in [0, 0.05) is 49.8 Å². The molecule has 0 bridgehead atoms. The van der Waals surface area contributed by atoms with Gasteiger partial charge in [0.05, 0.1) is 5.84 Å². The van der Waals surface area contributed by atoms with Gasteiger partial charge in [-0.05, 0) is 27.8 Å². The fourth-order valence-corrected chi connectivity index (χ4v) is 0.852. The summed E-state index contributed by atoms with van der Waals surface area (Å²) in [7, 11) is 13.0. The van der Waals surface area contributed by atoms with Gasteiger partial charge >= 0.3 is 0 Å². The van der Waals surface area contributed by atoms with Crippen molar-refractivity contribution < 1.29 is 1.43 Å². The highest BCUT2D eigenvalue weighted by Gasteiger charge is 1.99. The molecule has 0 amide bonds. The van der Waals surface area contributed by atoms with Gasteiger partial charge in [-0.25, -0.2) is 0 Å². The quantitative estimate of drug-likeness (QED) is 0.553. The molecule has 3 N–H and O–H groups in total. The Morgan fingerprint density at radius 2 is 1.42 bits per heavy atom. The largest absolute Gasteiger partial charge is 0.367 e. The van der Waals surface area contributed by atoms with Crippen molar-refractivity contribution in [3.05, 3.63) is 0 Å². The van der Waals surface area contributed by atoms with Crippen molar-refractivity contribution >= 4 is 11.8 Å². The lowest BCUT2D eigenvalue weighted by molar-refractivity contribution is 0.562. The predicted molar refractivity (Wildman–Crippen MR) is 90.3 cm³/mol. The van der Waals surface area contributed by atoms with E-state index in [0.717, 1.165) is 11.8 Å². The zero-order valence-corrected chi connectivity index (χ0v) is 14.4. The number of guanidine groups is 1. The number of hydrogen-bond acceptors (Lipinski definition) is 3. The van der Waals surface area contributed by atoms with E-state index in [4.69, 9.17) is 0 Å². The maximum absolute atomic E-state index is 4.50. The van der Waals surface area contributed by atoms with Gasteiger partial charge in [0.2, 0.25) is 0 Å². The molecular formula is C13H36N6. The molecular weight excluding hydrogens is 240 g/mol. The van der Waals surface area contributed by atoms with Crippen LogP contribution in [0, 0.1) is 0 Å². The third-order valence-electron chi connectivity index (χ3n) is 2.02. The highest BCUT2D eigenvalue weighted by molar-refractivity contribution is 5.79. The molecule has 0 saturated carbocycles. The summed E-state index contributed by atoms with van der Waals surface area (Å²) >= 11 is 0. The zero-order valence-electron chi connectivity index (χ0n) is 14.4. The summed E-state index contributed by atoms with van der Waals surface area (Å²) in [4.78, 5) is 11.9. The van der Waals surface area contributed by atoms with E-state index in [1.165, 1.54) is 7.05 Å². The van der Waals surface area contributed by atoms with E-state index in [-0.39, 0.29) is 1.43 Å². The minimum atomic E-state index is 0. The number of hydrogen-bond donors (Lipinski definition) is 2. The molecule has 0 heterocycles. The summed E-state index contributed by atoms with van der Waals surface area (Å²) in [5.74, 6) is 1.98. The number of nitrogens with one attached hydrogen (secondary N) is 1. The highest BCUT2D eigenvalue weighted by Crippen LogP contribution is 1.82. The van der Waals surface area contributed by atoms with Crippen LogP contribution < -0.4 is 11.1 Å². The molecule has 0 saturated heterocycles. The van der Waals surface area contributed by atoms with Gasteiger partial charge in [-0.3, -0.25) is 9.98 Å². The minimum absolute atomic E-state index is 0. The smallest absolute Gasteiger partial charge is 0.193 e. The zero-order chi connectivity index (χ0) is 16.0. The monoisotopic (exact) mass is 277 g/mol. The van der Waals surface area contributed by atoms with Crippen LogP contribution in [0.2, 0.25) is 0 Å². The number of amidine groups is 1. The molecule has 0 aromatic rings. The molecule has 0 atom stereocenters. The van der Waals surface area contributed by atoms with Gasteiger partial charge in [0.15, 0.2) is 5.96 Å². The van der Waals surface area contributed by atoms with Gasteiger partial charge in [-0.15, -0.1) is 0 Å². The fraction of sp³-hybridized carbons (Fsp3) is 0.846. The van der Waals surface area contributed by atoms with E-state index in [1.807, 2.05) is 44.9 Å². The SMILES string of the molecule is CN.CN=C(C)N(C)C.CN=C(NC(C)C)N(C)C.[2HH]. The van der Waals surface area contributed by atoms with E-state index < -0.39 is 0 Å². The summed E-state index contributed by atoms with van der Waals surface area (Å²) in [6.45, 7) is 6.16. The first-order chi connectivity index (χ1) is 8.76. The molecule has 0 unspecified atom stereocenters. The average molecular weight is 277 g/mol. The average Bonchev–Trinajstić information content (AvgIpc) is 2.37. The molecule has 0 aromatic carbocycles. The molecule has 0 rings (SSSR count). The van der Waals surface area contributed by atoms with Gasteiger partial charge in [0.25, 0.3) is 0 Å². The van der Waals surface area contributed by atoms with Gasteiger partial charge < -0.3 is 20.9 Å². The normalized spacial score (nSPS) is 10.9. The van der Waals surface area contributed by atoms with Crippen LogP contribution >= 0.6 is 0 Å². The summed E-state index contributed by atoms with van der Waals surface area (Å²) in [5, 5.41) is 3.20. The van der Waals surface area contributed by atoms with Crippen LogP contribution in [0.25, 0.3) is 0 Å². The Labute approximate surface area is 121 Å². The van der Waals surface area contributed by atoms with Crippen molar-refractivity contribution in [2.24, 2.45) is 15.7 Å². The Kier molecular flexibility index (Phi) is 17.7. The maximum atomic E-state index is 4.50. The molecule has 0 spiro atoms. The standard InChI is InChI=1S/C7H17N3.C5H12N2.CH5N.H2/c1-6(2)9-7(8-3)10(4)5;1-5(6-2)7(3)4;1-2;/h6H,1-5H3,(H,8,9);1-4H3;2H2,1H3;1H/i;;;1+1. The molecule has 6 nitrogen and oxygen atoms in total. The third kappa shape index (κ3) is 16.7. The number of nitrogens with two attached hydrogens (primary N) is 1. The second-order valence-corrected chi connectivity index (χ2v) is 4.41. The first kappa shape index (κ1) is 22.8. The first-order valence-corrected chi connectivity index (χ1v) is 6.35. The van der Waals surface area contributed by atoms with Gasteiger partial charge in [-0.1, -0.05) is 0 Å². The molecule has 118 valence electrons. The number of aliphatic imine (C=N–C) groups is 2. The Hall–Kier alpha value is -1.30. The molecule has 0 aromatic heterocycles. The molecule has 0 fully saturated rings. The van der Waals surface area contributed by atoms with Crippen molar-refractivity contribution in [3.8, 4) is 0 Å². The van der Waals surface area contributed by atoms with Crippen LogP contribution in [0.4, 0.5) is 0 Å². The van der Waals surface area contributed by atoms with Crippen molar-refractivity contribution in [2.75, 3.05) is 49.3 Å². The second kappa shape index (κ2) is 14.8.